The molecule has 1 heterocycles. The number of rotatable bonds is 6. The minimum absolute atomic E-state index is 0.156. The molecular formula is C18H17ClN2O5. The van der Waals surface area contributed by atoms with Crippen LogP contribution in [0.1, 0.15) is 37.7 Å². The first kappa shape index (κ1) is 19.3. The minimum atomic E-state index is -0.520. The first-order valence-electron chi connectivity index (χ1n) is 7.55. The summed E-state index contributed by atoms with van der Waals surface area (Å²) in [6.07, 6.45) is 0. The van der Waals surface area contributed by atoms with E-state index in [1.54, 1.807) is 13.8 Å². The van der Waals surface area contributed by atoms with E-state index in [0.717, 1.165) is 0 Å². The van der Waals surface area contributed by atoms with Crippen molar-refractivity contribution in [1.29, 1.82) is 5.26 Å². The number of methoxy groups -OCH3 is 2. The SMILES string of the molecule is COC(=O)c1c(C)[nH]c(C(=O)COc2c(Cl)cc(C#N)cc2OC)c1C. The Balaban J connectivity index is 2.26. The molecule has 0 bridgehead atoms. The molecule has 0 aliphatic heterocycles. The maximum Gasteiger partial charge on any atom is 0.339 e. The number of benzene rings is 1. The summed E-state index contributed by atoms with van der Waals surface area (Å²) in [6.45, 7) is 3.00. The van der Waals surface area contributed by atoms with E-state index in [1.165, 1.54) is 26.4 Å². The van der Waals surface area contributed by atoms with Gasteiger partial charge in [-0.3, -0.25) is 4.79 Å². The third-order valence-corrected chi connectivity index (χ3v) is 4.09. The zero-order valence-electron chi connectivity index (χ0n) is 14.7. The van der Waals surface area contributed by atoms with Crippen molar-refractivity contribution in [3.63, 3.8) is 0 Å². The number of nitrogens with zero attached hydrogens (tertiary/aromatic N) is 1. The number of nitriles is 1. The average molecular weight is 377 g/mol. The number of carbonyl (C=O) groups is 2. The molecule has 1 aromatic heterocycles. The highest BCUT2D eigenvalue weighted by Crippen LogP contribution is 2.36. The van der Waals surface area contributed by atoms with Crippen LogP contribution in [0.2, 0.25) is 5.02 Å². The lowest BCUT2D eigenvalue weighted by molar-refractivity contribution is 0.0599. The summed E-state index contributed by atoms with van der Waals surface area (Å²) >= 11 is 6.11. The summed E-state index contributed by atoms with van der Waals surface area (Å²) in [6, 6.07) is 4.84. The van der Waals surface area contributed by atoms with Gasteiger partial charge in [0.25, 0.3) is 0 Å². The van der Waals surface area contributed by atoms with Gasteiger partial charge >= 0.3 is 5.97 Å². The Morgan fingerprint density at radius 1 is 1.27 bits per heavy atom. The smallest absolute Gasteiger partial charge is 0.339 e. The molecule has 0 fully saturated rings. The van der Waals surface area contributed by atoms with Gasteiger partial charge in [0.15, 0.2) is 18.1 Å². The number of Topliss-reactive ketones (excluding diaryl/α,β-unsaturated/α-hetero) is 1. The van der Waals surface area contributed by atoms with Crippen LogP contribution in [0.4, 0.5) is 0 Å². The van der Waals surface area contributed by atoms with Gasteiger partial charge in [0, 0.05) is 11.8 Å². The fourth-order valence-corrected chi connectivity index (χ4v) is 2.84. The van der Waals surface area contributed by atoms with Crippen LogP contribution in [0, 0.1) is 25.2 Å². The van der Waals surface area contributed by atoms with E-state index < -0.39 is 5.97 Å². The van der Waals surface area contributed by atoms with Crippen molar-refractivity contribution < 1.29 is 23.8 Å². The van der Waals surface area contributed by atoms with Gasteiger partial charge in [-0.2, -0.15) is 5.26 Å². The Morgan fingerprint density at radius 2 is 1.96 bits per heavy atom. The third kappa shape index (κ3) is 3.65. The largest absolute Gasteiger partial charge is 0.493 e. The van der Waals surface area contributed by atoms with Gasteiger partial charge in [-0.05, 0) is 25.5 Å². The molecule has 136 valence electrons. The molecule has 1 N–H and O–H groups in total. The number of ketones is 1. The van der Waals surface area contributed by atoms with Crippen molar-refractivity contribution in [3.05, 3.63) is 45.2 Å². The van der Waals surface area contributed by atoms with E-state index in [0.29, 0.717) is 22.4 Å². The number of halogens is 1. The molecule has 2 aromatic rings. The summed E-state index contributed by atoms with van der Waals surface area (Å²) in [5.74, 6) is -0.483. The number of aryl methyl sites for hydroxylation is 1. The molecule has 0 radical (unpaired) electrons. The van der Waals surface area contributed by atoms with Gasteiger partial charge in [-0.1, -0.05) is 11.6 Å². The van der Waals surface area contributed by atoms with E-state index in [4.69, 9.17) is 31.1 Å². The molecule has 0 saturated heterocycles. The fraction of sp³-hybridized carbons (Fsp3) is 0.278. The number of nitrogens with one attached hydrogen (secondary N) is 1. The Labute approximate surface area is 155 Å². The van der Waals surface area contributed by atoms with E-state index in [9.17, 15) is 9.59 Å². The van der Waals surface area contributed by atoms with Crippen LogP contribution in [0.15, 0.2) is 12.1 Å². The van der Waals surface area contributed by atoms with Crippen LogP contribution < -0.4 is 9.47 Å². The lowest BCUT2D eigenvalue weighted by Crippen LogP contribution is -2.14. The van der Waals surface area contributed by atoms with Crippen molar-refractivity contribution in [2.45, 2.75) is 13.8 Å². The van der Waals surface area contributed by atoms with Crippen molar-refractivity contribution in [3.8, 4) is 17.6 Å². The van der Waals surface area contributed by atoms with Crippen LogP contribution in [0.3, 0.4) is 0 Å². The second kappa shape index (κ2) is 7.93. The second-order valence-electron chi connectivity index (χ2n) is 5.43. The predicted molar refractivity (Wildman–Crippen MR) is 94.2 cm³/mol. The summed E-state index contributed by atoms with van der Waals surface area (Å²) in [5, 5.41) is 9.12. The van der Waals surface area contributed by atoms with Gasteiger partial charge in [0.1, 0.15) is 0 Å². The molecule has 2 rings (SSSR count). The van der Waals surface area contributed by atoms with Crippen molar-refractivity contribution in [1.82, 2.24) is 4.98 Å². The number of aromatic amines is 1. The van der Waals surface area contributed by atoms with Crippen LogP contribution in [0.5, 0.6) is 11.5 Å². The lowest BCUT2D eigenvalue weighted by Gasteiger charge is -2.12. The molecule has 0 saturated carbocycles. The van der Waals surface area contributed by atoms with E-state index >= 15 is 0 Å². The molecule has 26 heavy (non-hydrogen) atoms. The number of esters is 1. The molecule has 0 spiro atoms. The Kier molecular flexibility index (Phi) is 5.90. The molecule has 0 amide bonds. The monoisotopic (exact) mass is 376 g/mol. The first-order valence-corrected chi connectivity index (χ1v) is 7.92. The zero-order chi connectivity index (χ0) is 19.4. The maximum absolute atomic E-state index is 12.5. The summed E-state index contributed by atoms with van der Waals surface area (Å²) < 4.78 is 15.4. The van der Waals surface area contributed by atoms with Gasteiger partial charge < -0.3 is 19.2 Å². The maximum atomic E-state index is 12.5. The molecule has 0 atom stereocenters. The van der Waals surface area contributed by atoms with E-state index in [-0.39, 0.29) is 34.6 Å². The van der Waals surface area contributed by atoms with E-state index in [1.807, 2.05) is 6.07 Å². The lowest BCUT2D eigenvalue weighted by atomic mass is 10.1. The van der Waals surface area contributed by atoms with Crippen LogP contribution in [-0.2, 0) is 4.74 Å². The molecule has 0 aliphatic carbocycles. The quantitative estimate of drug-likeness (QED) is 0.613. The normalized spacial score (nSPS) is 10.2. The molecule has 7 nitrogen and oxygen atoms in total. The van der Waals surface area contributed by atoms with Crippen LogP contribution >= 0.6 is 11.6 Å². The van der Waals surface area contributed by atoms with Crippen molar-refractivity contribution in [2.75, 3.05) is 20.8 Å². The molecule has 0 unspecified atom stereocenters. The number of carbonyl (C=O) groups excluding carboxylic acids is 2. The Bertz CT molecular complexity index is 911. The van der Waals surface area contributed by atoms with Gasteiger partial charge in [-0.25, -0.2) is 4.79 Å². The summed E-state index contributed by atoms with van der Waals surface area (Å²) in [4.78, 5) is 27.2. The zero-order valence-corrected chi connectivity index (χ0v) is 15.5. The van der Waals surface area contributed by atoms with Crippen molar-refractivity contribution >= 4 is 23.4 Å². The standard InChI is InChI=1S/C18H17ClN2O5/c1-9-15(18(23)25-4)10(2)21-16(9)13(22)8-26-17-12(19)5-11(7-20)6-14(17)24-3/h5-6,21H,8H2,1-4H3. The number of H-pyrrole nitrogens is 1. The predicted octanol–water partition coefficient (Wildman–Crippen LogP) is 3.21. The first-order chi connectivity index (χ1) is 12.3. The minimum Gasteiger partial charge on any atom is -0.493 e. The van der Waals surface area contributed by atoms with Crippen molar-refractivity contribution in [2.24, 2.45) is 0 Å². The van der Waals surface area contributed by atoms with Gasteiger partial charge in [-0.15, -0.1) is 0 Å². The highest BCUT2D eigenvalue weighted by Gasteiger charge is 2.23. The number of ether oxygens (including phenoxy) is 3. The number of hydrogen-bond acceptors (Lipinski definition) is 6. The second-order valence-corrected chi connectivity index (χ2v) is 5.84. The van der Waals surface area contributed by atoms with Crippen LogP contribution in [-0.4, -0.2) is 37.6 Å². The molecule has 8 heteroatoms. The van der Waals surface area contributed by atoms with Crippen LogP contribution in [0.25, 0.3) is 0 Å². The van der Waals surface area contributed by atoms with Gasteiger partial charge in [0.05, 0.1) is 42.1 Å². The Hall–Kier alpha value is -2.98. The molecule has 0 aliphatic rings. The van der Waals surface area contributed by atoms with E-state index in [2.05, 4.69) is 4.98 Å². The highest BCUT2D eigenvalue weighted by molar-refractivity contribution is 6.32. The highest BCUT2D eigenvalue weighted by atomic mass is 35.5. The Morgan fingerprint density at radius 3 is 2.54 bits per heavy atom. The number of hydrogen-bond donors (Lipinski definition) is 1. The number of aromatic nitrogens is 1. The molecular weight excluding hydrogens is 360 g/mol. The fourth-order valence-electron chi connectivity index (χ4n) is 2.57. The summed E-state index contributed by atoms with van der Waals surface area (Å²) in [7, 11) is 2.68. The average Bonchev–Trinajstić information content (AvgIpc) is 2.93. The summed E-state index contributed by atoms with van der Waals surface area (Å²) in [5.41, 5.74) is 1.91. The molecule has 1 aromatic carbocycles. The van der Waals surface area contributed by atoms with Gasteiger partial charge in [0.2, 0.25) is 5.78 Å². The topological polar surface area (TPSA) is 101 Å². The third-order valence-electron chi connectivity index (χ3n) is 3.81.